The Bertz CT molecular complexity index is 591. The first-order valence-corrected chi connectivity index (χ1v) is 9.31. The van der Waals surface area contributed by atoms with Gasteiger partial charge in [-0.1, -0.05) is 0 Å². The number of hydrogen-bond acceptors (Lipinski definition) is 6. The smallest absolute Gasteiger partial charge is 0.153 e. The number of rotatable bonds is 2. The van der Waals surface area contributed by atoms with E-state index in [1.54, 1.807) is 6.20 Å². The van der Waals surface area contributed by atoms with Crippen LogP contribution in [0.2, 0.25) is 0 Å². The molecule has 0 aromatic carbocycles. The highest BCUT2D eigenvalue weighted by Crippen LogP contribution is 2.26. The van der Waals surface area contributed by atoms with E-state index in [1.807, 2.05) is 11.1 Å². The van der Waals surface area contributed by atoms with Gasteiger partial charge in [0.1, 0.15) is 5.82 Å². The minimum atomic E-state index is -2.86. The Morgan fingerprint density at radius 2 is 1.95 bits per heavy atom. The zero-order valence-electron chi connectivity index (χ0n) is 12.4. The van der Waals surface area contributed by atoms with E-state index in [9.17, 15) is 8.42 Å². The van der Waals surface area contributed by atoms with Gasteiger partial charge in [0.05, 0.1) is 23.4 Å². The number of sulfone groups is 1. The van der Waals surface area contributed by atoms with Gasteiger partial charge in [-0.25, -0.2) is 13.4 Å². The molecule has 1 aromatic rings. The van der Waals surface area contributed by atoms with Crippen molar-refractivity contribution in [2.75, 3.05) is 49.6 Å². The summed E-state index contributed by atoms with van der Waals surface area (Å²) < 4.78 is 23.0. The summed E-state index contributed by atoms with van der Waals surface area (Å²) >= 11 is 0. The summed E-state index contributed by atoms with van der Waals surface area (Å²) in [6, 6.07) is 0. The summed E-state index contributed by atoms with van der Waals surface area (Å²) in [6.45, 7) is 3.20. The summed E-state index contributed by atoms with van der Waals surface area (Å²) in [6.07, 6.45) is 5.94. The summed E-state index contributed by atoms with van der Waals surface area (Å²) in [5.74, 6) is 1.68. The molecule has 1 unspecified atom stereocenters. The number of likely N-dealkylation sites (N-methyl/N-ethyl adjacent to an activating group) is 1. The van der Waals surface area contributed by atoms with Crippen LogP contribution in [0.15, 0.2) is 12.4 Å². The summed E-state index contributed by atoms with van der Waals surface area (Å²) in [4.78, 5) is 13.4. The fraction of sp³-hybridized carbons (Fsp3) is 0.714. The molecule has 0 aliphatic carbocycles. The fourth-order valence-corrected chi connectivity index (χ4v) is 4.27. The van der Waals surface area contributed by atoms with E-state index in [1.165, 1.54) is 6.42 Å². The molecule has 2 saturated heterocycles. The standard InChI is InChI=1S/C14H22N4O2S/c1-17-4-2-3-12(11-17)13-9-15-10-14(16-13)18-5-7-21(19,20)8-6-18/h9-10,12H,2-8,11H2,1H3. The SMILES string of the molecule is CN1CCCC(c2cncc(N3CCS(=O)(=O)CC3)n2)C1. The van der Waals surface area contributed by atoms with Crippen LogP contribution in [0.4, 0.5) is 5.82 Å². The molecule has 1 aromatic heterocycles. The van der Waals surface area contributed by atoms with Crippen LogP contribution < -0.4 is 4.90 Å². The van der Waals surface area contributed by atoms with Crippen LogP contribution in [0.25, 0.3) is 0 Å². The van der Waals surface area contributed by atoms with Gasteiger partial charge < -0.3 is 9.80 Å². The summed E-state index contributed by atoms with van der Waals surface area (Å²) in [5.41, 5.74) is 1.03. The van der Waals surface area contributed by atoms with Crippen molar-refractivity contribution in [1.29, 1.82) is 0 Å². The Labute approximate surface area is 126 Å². The predicted octanol–water partition coefficient (Wildman–Crippen LogP) is 0.521. The van der Waals surface area contributed by atoms with Crippen molar-refractivity contribution in [3.63, 3.8) is 0 Å². The van der Waals surface area contributed by atoms with Gasteiger partial charge >= 0.3 is 0 Å². The number of nitrogens with zero attached hydrogens (tertiary/aromatic N) is 4. The fourth-order valence-electron chi connectivity index (χ4n) is 3.07. The van der Waals surface area contributed by atoms with Crippen LogP contribution in [0.5, 0.6) is 0 Å². The molecule has 116 valence electrons. The quantitative estimate of drug-likeness (QED) is 0.793. The van der Waals surface area contributed by atoms with Crippen molar-refractivity contribution >= 4 is 15.7 Å². The molecule has 0 bridgehead atoms. The minimum absolute atomic E-state index is 0.213. The summed E-state index contributed by atoms with van der Waals surface area (Å²) in [5, 5.41) is 0. The lowest BCUT2D eigenvalue weighted by molar-refractivity contribution is 0.248. The second kappa shape index (κ2) is 5.88. The molecule has 0 saturated carbocycles. The maximum atomic E-state index is 11.5. The first-order valence-electron chi connectivity index (χ1n) is 7.49. The molecule has 0 amide bonds. The molecule has 3 rings (SSSR count). The van der Waals surface area contributed by atoms with Crippen molar-refractivity contribution in [3.05, 3.63) is 18.1 Å². The molecule has 0 N–H and O–H groups in total. The third-order valence-electron chi connectivity index (χ3n) is 4.35. The van der Waals surface area contributed by atoms with Gasteiger partial charge in [0.25, 0.3) is 0 Å². The lowest BCUT2D eigenvalue weighted by Crippen LogP contribution is -2.41. The highest BCUT2D eigenvalue weighted by Gasteiger charge is 2.24. The Morgan fingerprint density at radius 1 is 1.19 bits per heavy atom. The third kappa shape index (κ3) is 3.52. The van der Waals surface area contributed by atoms with Gasteiger partial charge in [0.2, 0.25) is 0 Å². The zero-order chi connectivity index (χ0) is 14.9. The van der Waals surface area contributed by atoms with Crippen LogP contribution >= 0.6 is 0 Å². The van der Waals surface area contributed by atoms with E-state index in [2.05, 4.69) is 16.9 Å². The maximum absolute atomic E-state index is 11.5. The third-order valence-corrected chi connectivity index (χ3v) is 5.96. The highest BCUT2D eigenvalue weighted by molar-refractivity contribution is 7.91. The predicted molar refractivity (Wildman–Crippen MR) is 82.4 cm³/mol. The van der Waals surface area contributed by atoms with Crippen LogP contribution in [0.3, 0.4) is 0 Å². The van der Waals surface area contributed by atoms with Gasteiger partial charge in [-0.3, -0.25) is 4.98 Å². The molecular weight excluding hydrogens is 288 g/mol. The van der Waals surface area contributed by atoms with Crippen molar-refractivity contribution in [3.8, 4) is 0 Å². The summed E-state index contributed by atoms with van der Waals surface area (Å²) in [7, 11) is -0.720. The number of piperidine rings is 1. The molecule has 3 heterocycles. The number of aromatic nitrogens is 2. The van der Waals surface area contributed by atoms with Gasteiger partial charge in [0, 0.05) is 31.7 Å². The lowest BCUT2D eigenvalue weighted by atomic mass is 9.95. The minimum Gasteiger partial charge on any atom is -0.353 e. The van der Waals surface area contributed by atoms with Crippen LogP contribution in [0, 0.1) is 0 Å². The van der Waals surface area contributed by atoms with Gasteiger partial charge in [-0.15, -0.1) is 0 Å². The normalized spacial score (nSPS) is 26.7. The van der Waals surface area contributed by atoms with E-state index in [-0.39, 0.29) is 11.5 Å². The van der Waals surface area contributed by atoms with Gasteiger partial charge in [-0.05, 0) is 26.4 Å². The molecule has 2 fully saturated rings. The number of anilines is 1. The second-order valence-electron chi connectivity index (χ2n) is 6.04. The monoisotopic (exact) mass is 310 g/mol. The van der Waals surface area contributed by atoms with E-state index in [0.29, 0.717) is 19.0 Å². The van der Waals surface area contributed by atoms with Crippen molar-refractivity contribution in [2.45, 2.75) is 18.8 Å². The van der Waals surface area contributed by atoms with Crippen molar-refractivity contribution in [2.24, 2.45) is 0 Å². The molecule has 2 aliphatic heterocycles. The van der Waals surface area contributed by atoms with E-state index in [0.717, 1.165) is 31.0 Å². The molecule has 0 radical (unpaired) electrons. The highest BCUT2D eigenvalue weighted by atomic mass is 32.2. The molecule has 2 aliphatic rings. The Kier molecular flexibility index (Phi) is 4.12. The Hall–Kier alpha value is -1.21. The first kappa shape index (κ1) is 14.7. The Morgan fingerprint density at radius 3 is 2.67 bits per heavy atom. The average molecular weight is 310 g/mol. The second-order valence-corrected chi connectivity index (χ2v) is 8.35. The van der Waals surface area contributed by atoms with E-state index in [4.69, 9.17) is 4.98 Å². The van der Waals surface area contributed by atoms with Crippen molar-refractivity contribution in [1.82, 2.24) is 14.9 Å². The molecule has 21 heavy (non-hydrogen) atoms. The van der Waals surface area contributed by atoms with Crippen LogP contribution in [0.1, 0.15) is 24.5 Å². The molecular formula is C14H22N4O2S. The maximum Gasteiger partial charge on any atom is 0.153 e. The Balaban J connectivity index is 1.74. The largest absolute Gasteiger partial charge is 0.353 e. The number of hydrogen-bond donors (Lipinski definition) is 0. The van der Waals surface area contributed by atoms with E-state index >= 15 is 0 Å². The lowest BCUT2D eigenvalue weighted by Gasteiger charge is -2.31. The molecule has 1 atom stereocenters. The van der Waals surface area contributed by atoms with Gasteiger partial charge in [0.15, 0.2) is 9.84 Å². The zero-order valence-corrected chi connectivity index (χ0v) is 13.2. The topological polar surface area (TPSA) is 66.4 Å². The molecule has 6 nitrogen and oxygen atoms in total. The number of likely N-dealkylation sites (tertiary alicyclic amines) is 1. The van der Waals surface area contributed by atoms with E-state index < -0.39 is 9.84 Å². The first-order chi connectivity index (χ1) is 10.0. The molecule has 0 spiro atoms. The van der Waals surface area contributed by atoms with Crippen LogP contribution in [-0.4, -0.2) is 68.0 Å². The molecule has 7 heteroatoms. The van der Waals surface area contributed by atoms with Gasteiger partial charge in [-0.2, -0.15) is 0 Å². The van der Waals surface area contributed by atoms with Crippen molar-refractivity contribution < 1.29 is 8.42 Å². The average Bonchev–Trinajstić information content (AvgIpc) is 2.47. The van der Waals surface area contributed by atoms with Crippen LogP contribution in [-0.2, 0) is 9.84 Å².